The molecule has 2 aromatic carbocycles. The molecule has 6 nitrogen and oxygen atoms in total. The molecule has 0 aliphatic carbocycles. The van der Waals surface area contributed by atoms with Crippen LogP contribution in [0.25, 0.3) is 0 Å². The summed E-state index contributed by atoms with van der Waals surface area (Å²) in [6, 6.07) is 14.3. The minimum absolute atomic E-state index is 0.0798. The predicted molar refractivity (Wildman–Crippen MR) is 111 cm³/mol. The number of halogens is 1. The van der Waals surface area contributed by atoms with E-state index in [0.29, 0.717) is 23.1 Å². The predicted octanol–water partition coefficient (Wildman–Crippen LogP) is 2.90. The zero-order valence-electron chi connectivity index (χ0n) is 16.0. The Kier molecular flexibility index (Phi) is 6.99. The van der Waals surface area contributed by atoms with Gasteiger partial charge < -0.3 is 19.7 Å². The van der Waals surface area contributed by atoms with E-state index in [1.165, 1.54) is 0 Å². The van der Waals surface area contributed by atoms with Gasteiger partial charge in [-0.05, 0) is 36.4 Å². The van der Waals surface area contributed by atoms with E-state index < -0.39 is 5.92 Å². The summed E-state index contributed by atoms with van der Waals surface area (Å²) in [5, 5.41) is 3.35. The van der Waals surface area contributed by atoms with Crippen molar-refractivity contribution >= 4 is 29.1 Å². The van der Waals surface area contributed by atoms with Crippen molar-refractivity contribution in [1.29, 1.82) is 0 Å². The number of carbonyl (C=O) groups is 2. The van der Waals surface area contributed by atoms with Crippen LogP contribution >= 0.6 is 11.6 Å². The van der Waals surface area contributed by atoms with Crippen molar-refractivity contribution in [3.8, 4) is 23.3 Å². The number of rotatable bonds is 6. The number of benzene rings is 2. The van der Waals surface area contributed by atoms with Gasteiger partial charge in [0.2, 0.25) is 11.8 Å². The number of hydrogen-bond donors (Lipinski definition) is 1. The molecule has 2 amide bonds. The second-order valence-electron chi connectivity index (χ2n) is 6.39. The molecule has 1 N–H and O–H groups in total. The summed E-state index contributed by atoms with van der Waals surface area (Å²) in [5.74, 6) is 6.28. The molecule has 7 heteroatoms. The minimum atomic E-state index is -0.398. The normalized spacial score (nSPS) is 15.4. The zero-order chi connectivity index (χ0) is 20.6. The monoisotopic (exact) mass is 412 g/mol. The van der Waals surface area contributed by atoms with E-state index >= 15 is 0 Å². The Balaban J connectivity index is 1.44. The number of ether oxygens (including phenoxy) is 2. The van der Waals surface area contributed by atoms with E-state index in [4.69, 9.17) is 21.1 Å². The number of anilines is 1. The van der Waals surface area contributed by atoms with E-state index in [2.05, 4.69) is 17.2 Å². The van der Waals surface area contributed by atoms with Crippen molar-refractivity contribution in [2.45, 2.75) is 6.42 Å². The van der Waals surface area contributed by atoms with Gasteiger partial charge in [-0.2, -0.15) is 0 Å². The van der Waals surface area contributed by atoms with Gasteiger partial charge in [0.15, 0.2) is 11.5 Å². The van der Waals surface area contributed by atoms with Gasteiger partial charge >= 0.3 is 0 Å². The maximum atomic E-state index is 12.3. The maximum Gasteiger partial charge on any atom is 0.227 e. The fourth-order valence-corrected chi connectivity index (χ4v) is 3.12. The number of nitrogens with zero attached hydrogens (tertiary/aromatic N) is 1. The first-order valence-electron chi connectivity index (χ1n) is 9.13. The highest BCUT2D eigenvalue weighted by molar-refractivity contribution is 6.30. The zero-order valence-corrected chi connectivity index (χ0v) is 16.7. The third kappa shape index (κ3) is 5.43. The second kappa shape index (κ2) is 9.85. The van der Waals surface area contributed by atoms with Gasteiger partial charge in [-0.25, -0.2) is 0 Å². The molecule has 1 heterocycles. The first-order valence-corrected chi connectivity index (χ1v) is 9.51. The molecule has 150 valence electrons. The number of nitrogens with one attached hydrogen (secondary N) is 1. The van der Waals surface area contributed by atoms with Gasteiger partial charge in [0.1, 0.15) is 6.61 Å². The number of methoxy groups -OCH3 is 1. The first-order chi connectivity index (χ1) is 14.1. The quantitative estimate of drug-likeness (QED) is 0.741. The molecule has 0 aromatic heterocycles. The van der Waals surface area contributed by atoms with Crippen LogP contribution in [0.15, 0.2) is 48.5 Å². The smallest absolute Gasteiger partial charge is 0.227 e. The Hall–Kier alpha value is -3.17. The van der Waals surface area contributed by atoms with Crippen molar-refractivity contribution in [1.82, 2.24) is 5.32 Å². The molecule has 1 aliphatic heterocycles. The summed E-state index contributed by atoms with van der Waals surface area (Å²) in [4.78, 5) is 26.2. The summed E-state index contributed by atoms with van der Waals surface area (Å²) < 4.78 is 10.7. The third-order valence-corrected chi connectivity index (χ3v) is 4.73. The first kappa shape index (κ1) is 20.6. The summed E-state index contributed by atoms with van der Waals surface area (Å²) in [5.41, 5.74) is 0.739. The SMILES string of the molecule is COc1ccccc1OCC#CCNC(=O)C1CC(=O)N(c2ccc(Cl)cc2)C1. The number of carbonyl (C=O) groups excluding carboxylic acids is 2. The van der Waals surface area contributed by atoms with Crippen LogP contribution in [-0.2, 0) is 9.59 Å². The molecule has 1 aliphatic rings. The summed E-state index contributed by atoms with van der Waals surface area (Å²) in [6.45, 7) is 0.721. The molecule has 3 rings (SSSR count). The average Bonchev–Trinajstić information content (AvgIpc) is 3.13. The van der Waals surface area contributed by atoms with Crippen LogP contribution in [0.1, 0.15) is 6.42 Å². The van der Waals surface area contributed by atoms with Crippen LogP contribution in [0.5, 0.6) is 11.5 Å². The van der Waals surface area contributed by atoms with Crippen LogP contribution < -0.4 is 19.7 Å². The average molecular weight is 413 g/mol. The molecule has 29 heavy (non-hydrogen) atoms. The molecule has 0 spiro atoms. The topological polar surface area (TPSA) is 67.9 Å². The number of para-hydroxylation sites is 2. The molecule has 0 saturated carbocycles. The van der Waals surface area contributed by atoms with Crippen LogP contribution in [-0.4, -0.2) is 38.6 Å². The lowest BCUT2D eigenvalue weighted by Crippen LogP contribution is -2.33. The van der Waals surface area contributed by atoms with E-state index in [-0.39, 0.29) is 31.4 Å². The number of amides is 2. The van der Waals surface area contributed by atoms with Gasteiger partial charge in [-0.3, -0.25) is 9.59 Å². The van der Waals surface area contributed by atoms with E-state index in [0.717, 1.165) is 5.69 Å². The summed E-state index contributed by atoms with van der Waals surface area (Å²) in [6.07, 6.45) is 0.179. The number of hydrogen-bond acceptors (Lipinski definition) is 4. The lowest BCUT2D eigenvalue weighted by Gasteiger charge is -2.16. The molecule has 0 radical (unpaired) electrons. The highest BCUT2D eigenvalue weighted by atomic mass is 35.5. The van der Waals surface area contributed by atoms with E-state index in [1.54, 1.807) is 48.4 Å². The van der Waals surface area contributed by atoms with E-state index in [9.17, 15) is 9.59 Å². The van der Waals surface area contributed by atoms with Crippen LogP contribution in [0.2, 0.25) is 5.02 Å². The van der Waals surface area contributed by atoms with Crippen molar-refractivity contribution in [3.63, 3.8) is 0 Å². The molecular weight excluding hydrogens is 392 g/mol. The Labute approximate surface area is 174 Å². The van der Waals surface area contributed by atoms with Crippen LogP contribution in [0, 0.1) is 17.8 Å². The second-order valence-corrected chi connectivity index (χ2v) is 6.83. The molecule has 0 bridgehead atoms. The van der Waals surface area contributed by atoms with Gasteiger partial charge in [-0.1, -0.05) is 35.6 Å². The van der Waals surface area contributed by atoms with Crippen molar-refractivity contribution in [2.24, 2.45) is 5.92 Å². The lowest BCUT2D eigenvalue weighted by molar-refractivity contribution is -0.126. The fourth-order valence-electron chi connectivity index (χ4n) is 2.99. The summed E-state index contributed by atoms with van der Waals surface area (Å²) >= 11 is 5.88. The lowest BCUT2D eigenvalue weighted by atomic mass is 10.1. The molecule has 1 saturated heterocycles. The molecule has 1 unspecified atom stereocenters. The Morgan fingerprint density at radius 1 is 1.17 bits per heavy atom. The van der Waals surface area contributed by atoms with Crippen LogP contribution in [0.4, 0.5) is 5.69 Å². The molecule has 2 aromatic rings. The van der Waals surface area contributed by atoms with Crippen LogP contribution in [0.3, 0.4) is 0 Å². The van der Waals surface area contributed by atoms with Gasteiger partial charge in [0.25, 0.3) is 0 Å². The molecule has 1 fully saturated rings. The van der Waals surface area contributed by atoms with Gasteiger partial charge in [0, 0.05) is 23.7 Å². The van der Waals surface area contributed by atoms with E-state index in [1.807, 2.05) is 12.1 Å². The fraction of sp³-hybridized carbons (Fsp3) is 0.273. The summed E-state index contributed by atoms with van der Waals surface area (Å²) in [7, 11) is 1.57. The largest absolute Gasteiger partial charge is 0.493 e. The maximum absolute atomic E-state index is 12.3. The van der Waals surface area contributed by atoms with Gasteiger partial charge in [0.05, 0.1) is 19.6 Å². The molecular formula is C22H21ClN2O4. The minimum Gasteiger partial charge on any atom is -0.493 e. The Morgan fingerprint density at radius 3 is 2.62 bits per heavy atom. The Bertz CT molecular complexity index is 934. The van der Waals surface area contributed by atoms with Crippen molar-refractivity contribution in [2.75, 3.05) is 31.7 Å². The molecule has 1 atom stereocenters. The van der Waals surface area contributed by atoms with Gasteiger partial charge in [-0.15, -0.1) is 0 Å². The Morgan fingerprint density at radius 2 is 1.90 bits per heavy atom. The van der Waals surface area contributed by atoms with Crippen molar-refractivity contribution in [3.05, 3.63) is 53.6 Å². The highest BCUT2D eigenvalue weighted by Gasteiger charge is 2.34. The third-order valence-electron chi connectivity index (χ3n) is 4.48. The van der Waals surface area contributed by atoms with Crippen molar-refractivity contribution < 1.29 is 19.1 Å². The highest BCUT2D eigenvalue weighted by Crippen LogP contribution is 2.26. The standard InChI is InChI=1S/C22H21ClN2O4/c1-28-19-6-2-3-7-20(19)29-13-5-4-12-24-22(27)16-14-21(26)25(15-16)18-10-8-17(23)9-11-18/h2-3,6-11,16H,12-15H2,1H3,(H,24,27).